The average Bonchev–Trinajstić information content (AvgIpc) is 2.12. The van der Waals surface area contributed by atoms with Crippen LogP contribution in [0.25, 0.3) is 0 Å². The predicted octanol–water partition coefficient (Wildman–Crippen LogP) is 5.31. The molecule has 1 atom stereocenters. The van der Waals surface area contributed by atoms with Crippen molar-refractivity contribution in [3.8, 4) is 0 Å². The number of hydrogen-bond acceptors (Lipinski definition) is 1. The zero-order valence-corrected chi connectivity index (χ0v) is 14.1. The standard InChI is InChI=1S/C16H26BrN/c1-12(13-9-7-8-10-14(13)17)18-16(5,6)11-15(2,3)4/h7-10,12,18H,11H2,1-6H3. The quantitative estimate of drug-likeness (QED) is 0.794. The van der Waals surface area contributed by atoms with Crippen molar-refractivity contribution < 1.29 is 0 Å². The number of nitrogens with one attached hydrogen (secondary N) is 1. The topological polar surface area (TPSA) is 12.0 Å². The van der Waals surface area contributed by atoms with Crippen LogP contribution in [-0.4, -0.2) is 5.54 Å². The molecule has 1 aromatic carbocycles. The number of benzene rings is 1. The molecular weight excluding hydrogens is 286 g/mol. The molecular formula is C16H26BrN. The molecule has 1 aromatic rings. The summed E-state index contributed by atoms with van der Waals surface area (Å²) in [5.74, 6) is 0. The van der Waals surface area contributed by atoms with E-state index in [9.17, 15) is 0 Å². The third kappa shape index (κ3) is 5.11. The Hall–Kier alpha value is -0.340. The molecule has 1 nitrogen and oxygen atoms in total. The summed E-state index contributed by atoms with van der Waals surface area (Å²) in [6.07, 6.45) is 1.15. The van der Waals surface area contributed by atoms with Gasteiger partial charge in [0.15, 0.2) is 0 Å². The maximum absolute atomic E-state index is 3.74. The molecule has 18 heavy (non-hydrogen) atoms. The van der Waals surface area contributed by atoms with Crippen LogP contribution in [-0.2, 0) is 0 Å². The molecule has 0 saturated heterocycles. The summed E-state index contributed by atoms with van der Waals surface area (Å²) in [6, 6.07) is 8.77. The van der Waals surface area contributed by atoms with Gasteiger partial charge in [0, 0.05) is 16.1 Å². The first-order valence-corrected chi connectivity index (χ1v) is 7.42. The van der Waals surface area contributed by atoms with Crippen molar-refractivity contribution in [2.45, 2.75) is 59.5 Å². The van der Waals surface area contributed by atoms with Crippen LogP contribution >= 0.6 is 15.9 Å². The van der Waals surface area contributed by atoms with E-state index in [4.69, 9.17) is 0 Å². The molecule has 0 aromatic heterocycles. The highest BCUT2D eigenvalue weighted by atomic mass is 79.9. The largest absolute Gasteiger partial charge is 0.305 e. The summed E-state index contributed by atoms with van der Waals surface area (Å²) < 4.78 is 1.18. The van der Waals surface area contributed by atoms with Gasteiger partial charge in [0.1, 0.15) is 0 Å². The molecule has 0 saturated carbocycles. The summed E-state index contributed by atoms with van der Waals surface area (Å²) in [6.45, 7) is 13.7. The Balaban J connectivity index is 2.76. The maximum Gasteiger partial charge on any atom is 0.0307 e. The Labute approximate surface area is 120 Å². The van der Waals surface area contributed by atoms with E-state index < -0.39 is 0 Å². The number of rotatable bonds is 4. The Kier molecular flexibility index (Phi) is 5.02. The SMILES string of the molecule is CC(NC(C)(C)CC(C)(C)C)c1ccccc1Br. The van der Waals surface area contributed by atoms with E-state index >= 15 is 0 Å². The van der Waals surface area contributed by atoms with Crippen molar-refractivity contribution in [2.75, 3.05) is 0 Å². The normalized spacial score (nSPS) is 14.6. The fraction of sp³-hybridized carbons (Fsp3) is 0.625. The van der Waals surface area contributed by atoms with Gasteiger partial charge in [-0.3, -0.25) is 0 Å². The van der Waals surface area contributed by atoms with Crippen LogP contribution in [0.5, 0.6) is 0 Å². The van der Waals surface area contributed by atoms with Gasteiger partial charge in [0.25, 0.3) is 0 Å². The van der Waals surface area contributed by atoms with E-state index in [0.717, 1.165) is 6.42 Å². The van der Waals surface area contributed by atoms with Crippen molar-refractivity contribution in [3.05, 3.63) is 34.3 Å². The zero-order chi connectivity index (χ0) is 14.0. The summed E-state index contributed by atoms with van der Waals surface area (Å²) in [5.41, 5.74) is 1.79. The van der Waals surface area contributed by atoms with Crippen LogP contribution in [0.1, 0.15) is 59.6 Å². The minimum atomic E-state index is 0.132. The first-order valence-electron chi connectivity index (χ1n) is 6.63. The van der Waals surface area contributed by atoms with Crippen LogP contribution in [0.15, 0.2) is 28.7 Å². The fourth-order valence-electron chi connectivity index (χ4n) is 2.87. The first kappa shape index (κ1) is 15.7. The lowest BCUT2D eigenvalue weighted by Gasteiger charge is -2.36. The first-order chi connectivity index (χ1) is 8.11. The van der Waals surface area contributed by atoms with Gasteiger partial charge >= 0.3 is 0 Å². The van der Waals surface area contributed by atoms with Crippen molar-refractivity contribution in [1.82, 2.24) is 5.32 Å². The lowest BCUT2D eigenvalue weighted by molar-refractivity contribution is 0.226. The molecule has 0 aliphatic rings. The Morgan fingerprint density at radius 1 is 1.11 bits per heavy atom. The molecule has 0 bridgehead atoms. The third-order valence-electron chi connectivity index (χ3n) is 2.95. The predicted molar refractivity (Wildman–Crippen MR) is 83.8 cm³/mol. The van der Waals surface area contributed by atoms with Gasteiger partial charge in [-0.05, 0) is 44.2 Å². The highest BCUT2D eigenvalue weighted by Crippen LogP contribution is 2.30. The Morgan fingerprint density at radius 2 is 1.67 bits per heavy atom. The molecule has 0 fully saturated rings. The second-order valence-electron chi connectivity index (χ2n) is 7.01. The van der Waals surface area contributed by atoms with Crippen LogP contribution in [0.4, 0.5) is 0 Å². The minimum absolute atomic E-state index is 0.132. The molecule has 1 N–H and O–H groups in total. The smallest absolute Gasteiger partial charge is 0.0307 e. The highest BCUT2D eigenvalue weighted by Gasteiger charge is 2.27. The molecule has 0 amide bonds. The van der Waals surface area contributed by atoms with E-state index in [1.807, 2.05) is 0 Å². The summed E-state index contributed by atoms with van der Waals surface area (Å²) in [4.78, 5) is 0. The third-order valence-corrected chi connectivity index (χ3v) is 3.67. The van der Waals surface area contributed by atoms with Gasteiger partial charge in [-0.1, -0.05) is 54.9 Å². The molecule has 2 heteroatoms. The molecule has 0 aliphatic heterocycles. The van der Waals surface area contributed by atoms with Crippen LogP contribution in [0.2, 0.25) is 0 Å². The van der Waals surface area contributed by atoms with Crippen molar-refractivity contribution >= 4 is 15.9 Å². The van der Waals surface area contributed by atoms with Gasteiger partial charge in [0.05, 0.1) is 0 Å². The summed E-state index contributed by atoms with van der Waals surface area (Å²) >= 11 is 3.63. The van der Waals surface area contributed by atoms with E-state index in [1.165, 1.54) is 10.0 Å². The lowest BCUT2D eigenvalue weighted by Crippen LogP contribution is -2.43. The zero-order valence-electron chi connectivity index (χ0n) is 12.5. The van der Waals surface area contributed by atoms with Gasteiger partial charge in [-0.15, -0.1) is 0 Å². The van der Waals surface area contributed by atoms with E-state index in [2.05, 4.69) is 87.1 Å². The number of hydrogen-bond donors (Lipinski definition) is 1. The molecule has 0 spiro atoms. The van der Waals surface area contributed by atoms with Crippen molar-refractivity contribution in [1.29, 1.82) is 0 Å². The van der Waals surface area contributed by atoms with E-state index in [0.29, 0.717) is 11.5 Å². The Morgan fingerprint density at radius 3 is 2.17 bits per heavy atom. The van der Waals surface area contributed by atoms with Crippen molar-refractivity contribution in [2.24, 2.45) is 5.41 Å². The van der Waals surface area contributed by atoms with Gasteiger partial charge in [-0.25, -0.2) is 0 Å². The van der Waals surface area contributed by atoms with Crippen LogP contribution in [0, 0.1) is 5.41 Å². The molecule has 0 radical (unpaired) electrons. The van der Waals surface area contributed by atoms with Gasteiger partial charge in [0.2, 0.25) is 0 Å². The van der Waals surface area contributed by atoms with E-state index in [-0.39, 0.29) is 5.54 Å². The summed E-state index contributed by atoms with van der Waals surface area (Å²) in [5, 5.41) is 3.74. The van der Waals surface area contributed by atoms with Gasteiger partial charge in [-0.2, -0.15) is 0 Å². The monoisotopic (exact) mass is 311 g/mol. The molecule has 0 aliphatic carbocycles. The summed E-state index contributed by atoms with van der Waals surface area (Å²) in [7, 11) is 0. The highest BCUT2D eigenvalue weighted by molar-refractivity contribution is 9.10. The maximum atomic E-state index is 3.74. The van der Waals surface area contributed by atoms with Crippen LogP contribution < -0.4 is 5.32 Å². The molecule has 102 valence electrons. The second kappa shape index (κ2) is 5.75. The average molecular weight is 312 g/mol. The minimum Gasteiger partial charge on any atom is -0.305 e. The number of halogens is 1. The van der Waals surface area contributed by atoms with Crippen LogP contribution in [0.3, 0.4) is 0 Å². The van der Waals surface area contributed by atoms with Gasteiger partial charge < -0.3 is 5.32 Å². The van der Waals surface area contributed by atoms with Crippen molar-refractivity contribution in [3.63, 3.8) is 0 Å². The fourth-order valence-corrected chi connectivity index (χ4v) is 3.50. The second-order valence-corrected chi connectivity index (χ2v) is 7.86. The molecule has 0 heterocycles. The lowest BCUT2D eigenvalue weighted by atomic mass is 9.81. The van der Waals surface area contributed by atoms with E-state index in [1.54, 1.807) is 0 Å². The molecule has 1 rings (SSSR count). The Bertz CT molecular complexity index is 390. The molecule has 1 unspecified atom stereocenters.